The molecule has 1 aromatic carbocycles. The average molecular weight is 286 g/mol. The van der Waals surface area contributed by atoms with E-state index in [1.165, 1.54) is 17.0 Å². The molecule has 0 aliphatic carbocycles. The molecule has 1 fully saturated rings. The molecule has 1 aromatic rings. The van der Waals surface area contributed by atoms with Gasteiger partial charge in [0.15, 0.2) is 0 Å². The second-order valence-electron chi connectivity index (χ2n) is 4.56. The maximum atomic E-state index is 13.3. The Bertz CT molecular complexity index is 521. The summed E-state index contributed by atoms with van der Waals surface area (Å²) in [5.41, 5.74) is 0.188. The van der Waals surface area contributed by atoms with Gasteiger partial charge in [-0.15, -0.1) is 0 Å². The minimum Gasteiger partial charge on any atom is -0.481 e. The van der Waals surface area contributed by atoms with Crippen molar-refractivity contribution in [1.82, 2.24) is 4.90 Å². The number of likely N-dealkylation sites (tertiary alicyclic amines) is 1. The lowest BCUT2D eigenvalue weighted by Crippen LogP contribution is -2.42. The van der Waals surface area contributed by atoms with Gasteiger partial charge in [-0.25, -0.2) is 4.39 Å². The van der Waals surface area contributed by atoms with E-state index in [4.69, 9.17) is 16.7 Å². The zero-order valence-electron chi connectivity index (χ0n) is 10.1. The van der Waals surface area contributed by atoms with Gasteiger partial charge in [-0.1, -0.05) is 11.6 Å². The van der Waals surface area contributed by atoms with Gasteiger partial charge in [-0.05, 0) is 31.0 Å². The van der Waals surface area contributed by atoms with Crippen LogP contribution in [-0.4, -0.2) is 35.0 Å². The molecule has 1 N–H and O–H groups in total. The molecule has 1 saturated heterocycles. The molecule has 4 nitrogen and oxygen atoms in total. The van der Waals surface area contributed by atoms with Gasteiger partial charge in [0.25, 0.3) is 5.91 Å². The molecule has 0 saturated carbocycles. The second kappa shape index (κ2) is 5.57. The number of nitrogens with zero attached hydrogens (tertiary/aromatic N) is 1. The number of benzene rings is 1. The van der Waals surface area contributed by atoms with Crippen molar-refractivity contribution in [2.24, 2.45) is 5.92 Å². The number of piperidine rings is 1. The number of aliphatic carboxylic acids is 1. The molecule has 6 heteroatoms. The maximum Gasteiger partial charge on any atom is 0.308 e. The Morgan fingerprint density at radius 1 is 1.42 bits per heavy atom. The Kier molecular flexibility index (Phi) is 4.04. The van der Waals surface area contributed by atoms with Crippen molar-refractivity contribution < 1.29 is 19.1 Å². The molecule has 1 heterocycles. The van der Waals surface area contributed by atoms with Crippen LogP contribution in [0.3, 0.4) is 0 Å². The SMILES string of the molecule is O=C(O)[C@H]1CCCN(C(=O)c2ccc(Cl)c(F)c2)C1. The third-order valence-electron chi connectivity index (χ3n) is 3.22. The number of carbonyl (C=O) groups excluding carboxylic acids is 1. The van der Waals surface area contributed by atoms with Crippen LogP contribution in [0.15, 0.2) is 18.2 Å². The van der Waals surface area contributed by atoms with Crippen LogP contribution in [-0.2, 0) is 4.79 Å². The zero-order chi connectivity index (χ0) is 14.0. The summed E-state index contributed by atoms with van der Waals surface area (Å²) in [5.74, 6) is -2.46. The van der Waals surface area contributed by atoms with E-state index in [0.717, 1.165) is 6.07 Å². The van der Waals surface area contributed by atoms with Crippen molar-refractivity contribution >= 4 is 23.5 Å². The highest BCUT2D eigenvalue weighted by molar-refractivity contribution is 6.30. The van der Waals surface area contributed by atoms with Gasteiger partial charge >= 0.3 is 5.97 Å². The van der Waals surface area contributed by atoms with E-state index in [0.29, 0.717) is 19.4 Å². The zero-order valence-corrected chi connectivity index (χ0v) is 10.9. The number of carboxylic acids is 1. The molecule has 0 radical (unpaired) electrons. The van der Waals surface area contributed by atoms with Crippen molar-refractivity contribution in [1.29, 1.82) is 0 Å². The predicted octanol–water partition coefficient (Wildman–Crippen LogP) is 2.42. The summed E-state index contributed by atoms with van der Waals surface area (Å²) in [7, 11) is 0. The quantitative estimate of drug-likeness (QED) is 0.908. The first kappa shape index (κ1) is 13.8. The fraction of sp³-hybridized carbons (Fsp3) is 0.385. The van der Waals surface area contributed by atoms with E-state index in [2.05, 4.69) is 0 Å². The van der Waals surface area contributed by atoms with Crippen LogP contribution in [0.25, 0.3) is 0 Å². The molecule has 19 heavy (non-hydrogen) atoms. The summed E-state index contributed by atoms with van der Waals surface area (Å²) in [4.78, 5) is 24.5. The van der Waals surface area contributed by atoms with Crippen LogP contribution in [0.1, 0.15) is 23.2 Å². The van der Waals surface area contributed by atoms with Crippen LogP contribution in [0.4, 0.5) is 4.39 Å². The lowest BCUT2D eigenvalue weighted by Gasteiger charge is -2.30. The third-order valence-corrected chi connectivity index (χ3v) is 3.53. The number of halogens is 2. The Labute approximate surface area is 114 Å². The number of amides is 1. The van der Waals surface area contributed by atoms with E-state index in [1.807, 2.05) is 0 Å². The van der Waals surface area contributed by atoms with Crippen molar-refractivity contribution in [3.8, 4) is 0 Å². The predicted molar refractivity (Wildman–Crippen MR) is 67.7 cm³/mol. The number of rotatable bonds is 2. The van der Waals surface area contributed by atoms with Gasteiger partial charge in [0.2, 0.25) is 0 Å². The molecule has 1 aliphatic heterocycles. The van der Waals surface area contributed by atoms with Gasteiger partial charge in [0.05, 0.1) is 10.9 Å². The third kappa shape index (κ3) is 3.04. The second-order valence-corrected chi connectivity index (χ2v) is 4.96. The van der Waals surface area contributed by atoms with Crippen LogP contribution in [0.5, 0.6) is 0 Å². The topological polar surface area (TPSA) is 57.6 Å². The Hall–Kier alpha value is -1.62. The van der Waals surface area contributed by atoms with Crippen molar-refractivity contribution in [2.75, 3.05) is 13.1 Å². The van der Waals surface area contributed by atoms with Crippen LogP contribution in [0.2, 0.25) is 5.02 Å². The monoisotopic (exact) mass is 285 g/mol. The van der Waals surface area contributed by atoms with Crippen LogP contribution >= 0.6 is 11.6 Å². The molecule has 0 unspecified atom stereocenters. The largest absolute Gasteiger partial charge is 0.481 e. The highest BCUT2D eigenvalue weighted by atomic mass is 35.5. The molecule has 0 bridgehead atoms. The number of hydrogen-bond donors (Lipinski definition) is 1. The number of carbonyl (C=O) groups is 2. The number of hydrogen-bond acceptors (Lipinski definition) is 2. The molecular weight excluding hydrogens is 273 g/mol. The minimum atomic E-state index is -0.903. The average Bonchev–Trinajstić information content (AvgIpc) is 2.41. The summed E-state index contributed by atoms with van der Waals surface area (Å²) in [6.45, 7) is 0.658. The molecule has 0 aromatic heterocycles. The van der Waals surface area contributed by atoms with Gasteiger partial charge in [0, 0.05) is 18.7 Å². The lowest BCUT2D eigenvalue weighted by molar-refractivity contribution is -0.143. The van der Waals surface area contributed by atoms with Crippen LogP contribution < -0.4 is 0 Å². The van der Waals surface area contributed by atoms with Gasteiger partial charge < -0.3 is 10.0 Å². The molecule has 1 aliphatic rings. The first-order valence-corrected chi connectivity index (χ1v) is 6.34. The fourth-order valence-corrected chi connectivity index (χ4v) is 2.29. The highest BCUT2D eigenvalue weighted by Crippen LogP contribution is 2.21. The Balaban J connectivity index is 2.14. The summed E-state index contributed by atoms with van der Waals surface area (Å²) >= 11 is 5.56. The van der Waals surface area contributed by atoms with Crippen molar-refractivity contribution in [2.45, 2.75) is 12.8 Å². The summed E-state index contributed by atoms with van der Waals surface area (Å²) in [6.07, 6.45) is 1.20. The summed E-state index contributed by atoms with van der Waals surface area (Å²) in [6, 6.07) is 3.84. The van der Waals surface area contributed by atoms with Gasteiger partial charge in [-0.2, -0.15) is 0 Å². The molecule has 1 amide bonds. The van der Waals surface area contributed by atoms with Crippen LogP contribution in [0, 0.1) is 11.7 Å². The van der Waals surface area contributed by atoms with E-state index in [-0.39, 0.29) is 23.0 Å². The molecule has 2 rings (SSSR count). The Morgan fingerprint density at radius 2 is 2.16 bits per heavy atom. The molecular formula is C13H13ClFNO3. The molecule has 1 atom stereocenters. The van der Waals surface area contributed by atoms with E-state index in [1.54, 1.807) is 0 Å². The Morgan fingerprint density at radius 3 is 2.79 bits per heavy atom. The van der Waals surface area contributed by atoms with Crippen molar-refractivity contribution in [3.05, 3.63) is 34.6 Å². The smallest absolute Gasteiger partial charge is 0.308 e. The van der Waals surface area contributed by atoms with E-state index < -0.39 is 17.7 Å². The van der Waals surface area contributed by atoms with E-state index in [9.17, 15) is 14.0 Å². The van der Waals surface area contributed by atoms with Gasteiger partial charge in [-0.3, -0.25) is 9.59 Å². The summed E-state index contributed by atoms with van der Waals surface area (Å²) < 4.78 is 13.3. The standard InChI is InChI=1S/C13H13ClFNO3/c14-10-4-3-8(6-11(10)15)12(17)16-5-1-2-9(7-16)13(18)19/h3-4,6,9H,1-2,5,7H2,(H,18,19)/t9-/m0/s1. The van der Waals surface area contributed by atoms with Gasteiger partial charge in [0.1, 0.15) is 5.82 Å². The fourth-order valence-electron chi connectivity index (χ4n) is 2.17. The highest BCUT2D eigenvalue weighted by Gasteiger charge is 2.28. The molecule has 102 valence electrons. The van der Waals surface area contributed by atoms with E-state index >= 15 is 0 Å². The lowest BCUT2D eigenvalue weighted by atomic mass is 9.97. The summed E-state index contributed by atoms with van der Waals surface area (Å²) in [5, 5.41) is 8.93. The maximum absolute atomic E-state index is 13.3. The normalized spacial score (nSPS) is 19.3. The van der Waals surface area contributed by atoms with Crippen molar-refractivity contribution in [3.63, 3.8) is 0 Å². The first-order valence-electron chi connectivity index (χ1n) is 5.96. The molecule has 0 spiro atoms. The first-order chi connectivity index (χ1) is 8.99. The number of carboxylic acid groups (broad SMARTS) is 1. The minimum absolute atomic E-state index is 0.0430.